The van der Waals surface area contributed by atoms with E-state index in [1.54, 1.807) is 6.92 Å². The number of ketones is 1. The third kappa shape index (κ3) is 3.75. The van der Waals surface area contributed by atoms with Gasteiger partial charge in [-0.3, -0.25) is 10.2 Å². The van der Waals surface area contributed by atoms with Crippen LogP contribution >= 0.6 is 0 Å². The summed E-state index contributed by atoms with van der Waals surface area (Å²) in [6.45, 7) is 3.47. The van der Waals surface area contributed by atoms with Gasteiger partial charge in [-0.2, -0.15) is 0 Å². The van der Waals surface area contributed by atoms with E-state index in [1.165, 1.54) is 7.11 Å². The van der Waals surface area contributed by atoms with Gasteiger partial charge in [-0.05, 0) is 13.3 Å². The predicted molar refractivity (Wildman–Crippen MR) is 53.9 cm³/mol. The summed E-state index contributed by atoms with van der Waals surface area (Å²) in [5.74, 6) is 0.0436. The molecule has 0 aromatic rings. The molecule has 4 nitrogen and oxygen atoms in total. The van der Waals surface area contributed by atoms with Gasteiger partial charge in [0, 0.05) is 11.1 Å². The van der Waals surface area contributed by atoms with Crippen LogP contribution in [-0.4, -0.2) is 18.6 Å². The fourth-order valence-electron chi connectivity index (χ4n) is 1.45. The van der Waals surface area contributed by atoms with Crippen LogP contribution < -0.4 is 30.5 Å². The van der Waals surface area contributed by atoms with Gasteiger partial charge in [-0.25, -0.2) is 0 Å². The number of carbonyl (C=O) groups excluding carboxylic acids is 1. The van der Waals surface area contributed by atoms with E-state index in [1.807, 2.05) is 6.92 Å². The molecule has 0 amide bonds. The molecule has 0 bridgehead atoms. The summed E-state index contributed by atoms with van der Waals surface area (Å²) in [4.78, 5) is 11.7. The van der Waals surface area contributed by atoms with E-state index in [-0.39, 0.29) is 64.8 Å². The summed E-state index contributed by atoms with van der Waals surface area (Å²) < 4.78 is 5.00. The number of halogens is 2. The number of nitrogens with one attached hydrogen (secondary N) is 1. The third-order valence-corrected chi connectivity index (χ3v) is 2.35. The standard InChI is InChI=1S/C10H14N2O2.2ClH.Mn/c1-4-6-8(12)7(11)5(2)9(13)10(6)14-3;;;/h12H,4,11H2,1-3H3;2*1H;/q;;;+2/p-2. The quantitative estimate of drug-likeness (QED) is 0.396. The molecule has 0 saturated carbocycles. The number of methoxy groups -OCH3 is 1. The molecule has 1 aliphatic carbocycles. The van der Waals surface area contributed by atoms with E-state index < -0.39 is 0 Å². The van der Waals surface area contributed by atoms with Crippen molar-refractivity contribution >= 4 is 11.5 Å². The second-order valence-electron chi connectivity index (χ2n) is 3.11. The number of hydrogen-bond donors (Lipinski definition) is 2. The first kappa shape index (κ1) is 21.8. The minimum absolute atomic E-state index is 0. The molecular formula is C10H14Cl2MnN2O2. The summed E-state index contributed by atoms with van der Waals surface area (Å²) in [5.41, 5.74) is 7.08. The Balaban J connectivity index is -0.000000653. The zero-order valence-electron chi connectivity index (χ0n) is 9.73. The molecule has 0 aliphatic heterocycles. The first-order chi connectivity index (χ1) is 6.54. The van der Waals surface area contributed by atoms with Crippen molar-refractivity contribution in [1.82, 2.24) is 0 Å². The number of hydrogen-bond acceptors (Lipinski definition) is 4. The fourth-order valence-corrected chi connectivity index (χ4v) is 1.45. The van der Waals surface area contributed by atoms with E-state index >= 15 is 0 Å². The van der Waals surface area contributed by atoms with Gasteiger partial charge < -0.3 is 35.3 Å². The maximum absolute atomic E-state index is 11.7. The normalized spacial score (nSPS) is 14.8. The number of nitrogens with two attached hydrogens (primary N) is 1. The second kappa shape index (κ2) is 8.59. The molecule has 0 spiro atoms. The van der Waals surface area contributed by atoms with Crippen LogP contribution in [0.4, 0.5) is 0 Å². The van der Waals surface area contributed by atoms with Gasteiger partial charge in [-0.1, -0.05) is 6.92 Å². The molecule has 0 unspecified atom stereocenters. The third-order valence-electron chi connectivity index (χ3n) is 2.35. The molecule has 0 fully saturated rings. The van der Waals surface area contributed by atoms with Crippen LogP contribution in [0.3, 0.4) is 0 Å². The number of carbonyl (C=O) groups is 1. The predicted octanol–water partition coefficient (Wildman–Crippen LogP) is -4.86. The van der Waals surface area contributed by atoms with Crippen molar-refractivity contribution in [2.24, 2.45) is 5.73 Å². The molecule has 7 heteroatoms. The average Bonchev–Trinajstić information content (AvgIpc) is 2.20. The van der Waals surface area contributed by atoms with Gasteiger partial charge in [0.05, 0.1) is 18.5 Å². The first-order valence-corrected chi connectivity index (χ1v) is 4.42. The van der Waals surface area contributed by atoms with Gasteiger partial charge in [0.15, 0.2) is 5.76 Å². The molecule has 1 rings (SSSR count). The fraction of sp³-hybridized carbons (Fsp3) is 0.400. The summed E-state index contributed by atoms with van der Waals surface area (Å²) in [6, 6.07) is 0. The molecule has 0 aromatic carbocycles. The summed E-state index contributed by atoms with van der Waals surface area (Å²) in [7, 11) is 1.44. The van der Waals surface area contributed by atoms with Crippen molar-refractivity contribution in [2.75, 3.05) is 7.11 Å². The minimum atomic E-state index is -0.210. The zero-order chi connectivity index (χ0) is 10.9. The summed E-state index contributed by atoms with van der Waals surface area (Å²) in [6.07, 6.45) is 0.571. The van der Waals surface area contributed by atoms with Gasteiger partial charge in [0.25, 0.3) is 0 Å². The Morgan fingerprint density at radius 1 is 1.35 bits per heavy atom. The molecule has 1 radical (unpaired) electrons. The van der Waals surface area contributed by atoms with Crippen LogP contribution in [0.2, 0.25) is 0 Å². The smallest absolute Gasteiger partial charge is 1.00 e. The molecule has 0 atom stereocenters. The maximum atomic E-state index is 11.7. The van der Waals surface area contributed by atoms with Crippen molar-refractivity contribution in [2.45, 2.75) is 20.3 Å². The van der Waals surface area contributed by atoms with Crippen LogP contribution in [0.5, 0.6) is 0 Å². The largest absolute Gasteiger partial charge is 2.00 e. The van der Waals surface area contributed by atoms with E-state index in [0.29, 0.717) is 17.6 Å². The van der Waals surface area contributed by atoms with Crippen molar-refractivity contribution in [3.63, 3.8) is 0 Å². The molecule has 17 heavy (non-hydrogen) atoms. The Kier molecular flexibility index (Phi) is 11.0. The van der Waals surface area contributed by atoms with Crippen LogP contribution in [0, 0.1) is 5.41 Å². The van der Waals surface area contributed by atoms with Crippen molar-refractivity contribution in [3.05, 3.63) is 22.6 Å². The summed E-state index contributed by atoms with van der Waals surface area (Å²) in [5, 5.41) is 7.73. The number of Topliss-reactive ketones (excluding diaryl/α,β-unsaturated/α-hetero) is 1. The van der Waals surface area contributed by atoms with Crippen molar-refractivity contribution < 1.29 is 51.4 Å². The molecular weight excluding hydrogens is 306 g/mol. The van der Waals surface area contributed by atoms with E-state index in [0.717, 1.165) is 0 Å². The molecule has 0 saturated heterocycles. The molecule has 0 aromatic heterocycles. The molecule has 0 heterocycles. The van der Waals surface area contributed by atoms with Crippen molar-refractivity contribution in [3.8, 4) is 0 Å². The molecule has 97 valence electrons. The SMILES string of the molecule is CCC1=C(OC)C(=O)C(C)=C(N)C1=N.[Cl-].[Cl-].[Mn+2]. The minimum Gasteiger partial charge on any atom is -1.00 e. The number of ether oxygens (including phenoxy) is 1. The topological polar surface area (TPSA) is 76.2 Å². The monoisotopic (exact) mass is 319 g/mol. The van der Waals surface area contributed by atoms with Gasteiger partial charge >= 0.3 is 17.1 Å². The van der Waals surface area contributed by atoms with Gasteiger partial charge in [0.1, 0.15) is 0 Å². The summed E-state index contributed by atoms with van der Waals surface area (Å²) >= 11 is 0. The maximum Gasteiger partial charge on any atom is 2.00 e. The van der Waals surface area contributed by atoms with Gasteiger partial charge in [0.2, 0.25) is 5.78 Å². The van der Waals surface area contributed by atoms with Gasteiger partial charge in [-0.15, -0.1) is 0 Å². The number of rotatable bonds is 2. The van der Waals surface area contributed by atoms with Crippen LogP contribution in [0.15, 0.2) is 22.6 Å². The van der Waals surface area contributed by atoms with Crippen LogP contribution in [-0.2, 0) is 26.6 Å². The van der Waals surface area contributed by atoms with E-state index in [9.17, 15) is 4.79 Å². The molecule has 1 aliphatic rings. The Morgan fingerprint density at radius 3 is 2.18 bits per heavy atom. The Hall–Kier alpha value is -0.481. The van der Waals surface area contributed by atoms with E-state index in [2.05, 4.69) is 0 Å². The first-order valence-electron chi connectivity index (χ1n) is 4.42. The zero-order valence-corrected chi connectivity index (χ0v) is 12.4. The second-order valence-corrected chi connectivity index (χ2v) is 3.11. The van der Waals surface area contributed by atoms with Crippen LogP contribution in [0.1, 0.15) is 20.3 Å². The average molecular weight is 320 g/mol. The van der Waals surface area contributed by atoms with E-state index in [4.69, 9.17) is 15.9 Å². The Labute approximate surface area is 124 Å². The number of allylic oxidation sites excluding steroid dienone is 2. The van der Waals surface area contributed by atoms with Crippen molar-refractivity contribution in [1.29, 1.82) is 5.41 Å². The Bertz CT molecular complexity index is 345. The molecule has 3 N–H and O–H groups in total. The Morgan fingerprint density at radius 2 is 1.82 bits per heavy atom. The van der Waals surface area contributed by atoms with Crippen LogP contribution in [0.25, 0.3) is 0 Å².